The van der Waals surface area contributed by atoms with Gasteiger partial charge in [0.15, 0.2) is 0 Å². The maximum absolute atomic E-state index is 12.4. The van der Waals surface area contributed by atoms with Crippen molar-refractivity contribution >= 4 is 5.91 Å². The van der Waals surface area contributed by atoms with E-state index < -0.39 is 0 Å². The van der Waals surface area contributed by atoms with Crippen molar-refractivity contribution in [2.75, 3.05) is 32.8 Å². The van der Waals surface area contributed by atoms with E-state index in [1.807, 2.05) is 24.3 Å². The molecule has 0 spiro atoms. The van der Waals surface area contributed by atoms with E-state index in [1.165, 1.54) is 0 Å². The van der Waals surface area contributed by atoms with Crippen LogP contribution in [0.5, 0.6) is 0 Å². The third kappa shape index (κ3) is 3.87. The highest BCUT2D eigenvalue weighted by molar-refractivity contribution is 5.76. The minimum atomic E-state index is 0.152. The van der Waals surface area contributed by atoms with Crippen LogP contribution in [-0.2, 0) is 23.1 Å². The Balaban J connectivity index is 1.48. The number of aromatic nitrogens is 2. The zero-order valence-corrected chi connectivity index (χ0v) is 13.4. The van der Waals surface area contributed by atoms with Gasteiger partial charge < -0.3 is 14.2 Å². The lowest BCUT2D eigenvalue weighted by atomic mass is 10.1. The first-order valence-corrected chi connectivity index (χ1v) is 8.30. The van der Waals surface area contributed by atoms with Crippen molar-refractivity contribution < 1.29 is 9.53 Å². The number of amides is 1. The van der Waals surface area contributed by atoms with E-state index >= 15 is 0 Å². The minimum Gasteiger partial charge on any atom is -0.378 e. The standard InChI is InChI=1S/C16H26N4O2/c1-18-8-5-17-15(18)13-19-6-3-7-20(10-9-19)16(21)12-14-4-2-11-22-14/h5,8,14H,2-4,6-7,9-13H2,1H3/t14-/m0/s1. The summed E-state index contributed by atoms with van der Waals surface area (Å²) in [6, 6.07) is 0. The third-order valence-corrected chi connectivity index (χ3v) is 4.65. The number of hydrogen-bond donors (Lipinski definition) is 0. The average molecular weight is 306 g/mol. The highest BCUT2D eigenvalue weighted by Gasteiger charge is 2.24. The van der Waals surface area contributed by atoms with E-state index in [1.54, 1.807) is 0 Å². The van der Waals surface area contributed by atoms with Gasteiger partial charge in [-0.05, 0) is 19.3 Å². The molecule has 6 nitrogen and oxygen atoms in total. The Kier molecular flexibility index (Phi) is 5.10. The Morgan fingerprint density at radius 1 is 1.32 bits per heavy atom. The van der Waals surface area contributed by atoms with Crippen LogP contribution in [0.3, 0.4) is 0 Å². The predicted molar refractivity (Wildman–Crippen MR) is 83.3 cm³/mol. The predicted octanol–water partition coefficient (Wildman–Crippen LogP) is 1.02. The molecule has 2 fully saturated rings. The molecular weight excluding hydrogens is 280 g/mol. The van der Waals surface area contributed by atoms with E-state index in [0.717, 1.165) is 64.4 Å². The number of imidazole rings is 1. The van der Waals surface area contributed by atoms with Crippen LogP contribution in [0, 0.1) is 0 Å². The molecule has 0 saturated carbocycles. The zero-order valence-electron chi connectivity index (χ0n) is 13.4. The molecule has 2 aliphatic heterocycles. The van der Waals surface area contributed by atoms with Crippen LogP contribution < -0.4 is 0 Å². The summed E-state index contributed by atoms with van der Waals surface area (Å²) >= 11 is 0. The molecule has 122 valence electrons. The lowest BCUT2D eigenvalue weighted by molar-refractivity contribution is -0.133. The molecule has 1 atom stereocenters. The second-order valence-corrected chi connectivity index (χ2v) is 6.30. The SMILES string of the molecule is Cn1ccnc1CN1CCCN(C(=O)C[C@@H]2CCCO2)CC1. The van der Waals surface area contributed by atoms with Crippen LogP contribution >= 0.6 is 0 Å². The first kappa shape index (κ1) is 15.5. The molecule has 0 aliphatic carbocycles. The van der Waals surface area contributed by atoms with Crippen molar-refractivity contribution in [3.05, 3.63) is 18.2 Å². The van der Waals surface area contributed by atoms with Gasteiger partial charge in [-0.2, -0.15) is 0 Å². The van der Waals surface area contributed by atoms with Crippen molar-refractivity contribution in [1.29, 1.82) is 0 Å². The smallest absolute Gasteiger partial charge is 0.225 e. The molecule has 0 radical (unpaired) electrons. The molecule has 3 heterocycles. The van der Waals surface area contributed by atoms with Crippen LogP contribution in [0.25, 0.3) is 0 Å². The molecule has 22 heavy (non-hydrogen) atoms. The van der Waals surface area contributed by atoms with Crippen molar-refractivity contribution in [1.82, 2.24) is 19.4 Å². The van der Waals surface area contributed by atoms with Gasteiger partial charge in [0.25, 0.3) is 0 Å². The topological polar surface area (TPSA) is 50.6 Å². The summed E-state index contributed by atoms with van der Waals surface area (Å²) < 4.78 is 7.64. The van der Waals surface area contributed by atoms with E-state index in [4.69, 9.17) is 4.74 Å². The number of rotatable bonds is 4. The normalized spacial score (nSPS) is 23.7. The van der Waals surface area contributed by atoms with Gasteiger partial charge in [-0.25, -0.2) is 4.98 Å². The highest BCUT2D eigenvalue weighted by atomic mass is 16.5. The Bertz CT molecular complexity index is 496. The Labute approximate surface area is 132 Å². The first-order chi connectivity index (χ1) is 10.7. The van der Waals surface area contributed by atoms with E-state index in [9.17, 15) is 4.79 Å². The van der Waals surface area contributed by atoms with Gasteiger partial charge in [0.05, 0.1) is 19.1 Å². The van der Waals surface area contributed by atoms with Crippen molar-refractivity contribution in [3.63, 3.8) is 0 Å². The van der Waals surface area contributed by atoms with Gasteiger partial charge in [-0.1, -0.05) is 0 Å². The second-order valence-electron chi connectivity index (χ2n) is 6.30. The molecule has 0 unspecified atom stereocenters. The van der Waals surface area contributed by atoms with Crippen LogP contribution in [0.4, 0.5) is 0 Å². The summed E-state index contributed by atoms with van der Waals surface area (Å²) in [5.41, 5.74) is 0. The molecule has 0 N–H and O–H groups in total. The third-order valence-electron chi connectivity index (χ3n) is 4.65. The van der Waals surface area contributed by atoms with Gasteiger partial charge in [-0.3, -0.25) is 9.69 Å². The van der Waals surface area contributed by atoms with Crippen LogP contribution in [-0.4, -0.2) is 64.1 Å². The van der Waals surface area contributed by atoms with Crippen LogP contribution in [0.2, 0.25) is 0 Å². The number of aryl methyl sites for hydroxylation is 1. The number of hydrogen-bond acceptors (Lipinski definition) is 4. The molecule has 0 aromatic carbocycles. The van der Waals surface area contributed by atoms with Gasteiger partial charge in [-0.15, -0.1) is 0 Å². The molecule has 2 saturated heterocycles. The quantitative estimate of drug-likeness (QED) is 0.833. The Morgan fingerprint density at radius 2 is 2.23 bits per heavy atom. The number of carbonyl (C=O) groups is 1. The first-order valence-electron chi connectivity index (χ1n) is 8.30. The second kappa shape index (κ2) is 7.24. The highest BCUT2D eigenvalue weighted by Crippen LogP contribution is 2.17. The maximum Gasteiger partial charge on any atom is 0.225 e. The molecule has 1 aromatic rings. The van der Waals surface area contributed by atoms with E-state index in [0.29, 0.717) is 6.42 Å². The van der Waals surface area contributed by atoms with Crippen LogP contribution in [0.1, 0.15) is 31.5 Å². The van der Waals surface area contributed by atoms with Gasteiger partial charge in [0.1, 0.15) is 5.82 Å². The lowest BCUT2D eigenvalue weighted by Gasteiger charge is -2.23. The Hall–Kier alpha value is -1.40. The van der Waals surface area contributed by atoms with Gasteiger partial charge in [0.2, 0.25) is 5.91 Å². The lowest BCUT2D eigenvalue weighted by Crippen LogP contribution is -2.36. The van der Waals surface area contributed by atoms with Crippen molar-refractivity contribution in [2.24, 2.45) is 7.05 Å². The zero-order chi connectivity index (χ0) is 15.4. The fourth-order valence-corrected chi connectivity index (χ4v) is 3.26. The fraction of sp³-hybridized carbons (Fsp3) is 0.750. The number of carbonyl (C=O) groups excluding carboxylic acids is 1. The fourth-order valence-electron chi connectivity index (χ4n) is 3.26. The Morgan fingerprint density at radius 3 is 2.95 bits per heavy atom. The summed E-state index contributed by atoms with van der Waals surface area (Å²) in [5.74, 6) is 1.34. The summed E-state index contributed by atoms with van der Waals surface area (Å²) in [6.45, 7) is 5.30. The largest absolute Gasteiger partial charge is 0.378 e. The number of nitrogens with zero attached hydrogens (tertiary/aromatic N) is 4. The summed E-state index contributed by atoms with van der Waals surface area (Å²) in [7, 11) is 2.03. The minimum absolute atomic E-state index is 0.152. The molecule has 1 amide bonds. The summed E-state index contributed by atoms with van der Waals surface area (Å²) in [5, 5.41) is 0. The number of ether oxygens (including phenoxy) is 1. The van der Waals surface area contributed by atoms with Gasteiger partial charge in [0, 0.05) is 52.2 Å². The maximum atomic E-state index is 12.4. The summed E-state index contributed by atoms with van der Waals surface area (Å²) in [6.07, 6.45) is 7.68. The molecule has 0 bridgehead atoms. The summed E-state index contributed by atoms with van der Waals surface area (Å²) in [4.78, 5) is 21.2. The van der Waals surface area contributed by atoms with Gasteiger partial charge >= 0.3 is 0 Å². The van der Waals surface area contributed by atoms with Crippen molar-refractivity contribution in [3.8, 4) is 0 Å². The monoisotopic (exact) mass is 306 g/mol. The molecule has 6 heteroatoms. The average Bonchev–Trinajstić information content (AvgIpc) is 3.08. The van der Waals surface area contributed by atoms with E-state index in [2.05, 4.69) is 14.5 Å². The van der Waals surface area contributed by atoms with Crippen molar-refractivity contribution in [2.45, 2.75) is 38.3 Å². The molecule has 1 aromatic heterocycles. The molecular formula is C16H26N4O2. The van der Waals surface area contributed by atoms with E-state index in [-0.39, 0.29) is 12.0 Å². The molecule has 2 aliphatic rings. The van der Waals surface area contributed by atoms with Crippen LogP contribution in [0.15, 0.2) is 12.4 Å². The molecule has 3 rings (SSSR count).